The topological polar surface area (TPSA) is 46.6 Å². The molecule has 2 atom stereocenters. The highest BCUT2D eigenvalue weighted by molar-refractivity contribution is 6.03. The molecule has 1 fully saturated rings. The first kappa shape index (κ1) is 17.9. The van der Waals surface area contributed by atoms with E-state index in [2.05, 4.69) is 6.92 Å². The third-order valence-electron chi connectivity index (χ3n) is 4.55. The normalized spacial score (nSPS) is 20.2. The van der Waals surface area contributed by atoms with Gasteiger partial charge in [-0.25, -0.2) is 9.69 Å². The van der Waals surface area contributed by atoms with Crippen molar-refractivity contribution in [3.8, 4) is 0 Å². The Morgan fingerprint density at radius 1 is 1.04 bits per heavy atom. The van der Waals surface area contributed by atoms with Gasteiger partial charge in [-0.2, -0.15) is 0 Å². The number of unbranched alkanes of at least 4 members (excludes halogenated alkanes) is 1. The lowest BCUT2D eigenvalue weighted by molar-refractivity contribution is -0.125. The van der Waals surface area contributed by atoms with E-state index >= 15 is 0 Å². The Kier molecular flexibility index (Phi) is 5.52. The van der Waals surface area contributed by atoms with Crippen LogP contribution in [-0.4, -0.2) is 16.9 Å². The number of ether oxygens (including phenoxy) is 1. The predicted octanol–water partition coefficient (Wildman–Crippen LogP) is 5.19. The van der Waals surface area contributed by atoms with E-state index in [1.54, 1.807) is 6.92 Å². The lowest BCUT2D eigenvalue weighted by Gasteiger charge is -2.24. The van der Waals surface area contributed by atoms with Gasteiger partial charge in [0.15, 0.2) is 6.10 Å². The van der Waals surface area contributed by atoms with Crippen molar-refractivity contribution in [2.75, 3.05) is 0 Å². The van der Waals surface area contributed by atoms with Gasteiger partial charge in [0.05, 0.1) is 0 Å². The molecule has 0 spiro atoms. The molecule has 0 bridgehead atoms. The summed E-state index contributed by atoms with van der Waals surface area (Å²) in [6.07, 6.45) is 2.52. The first-order valence-corrected chi connectivity index (χ1v) is 8.94. The van der Waals surface area contributed by atoms with E-state index in [1.807, 2.05) is 66.7 Å². The highest BCUT2D eigenvalue weighted by Gasteiger charge is 2.47. The van der Waals surface area contributed by atoms with Gasteiger partial charge < -0.3 is 4.74 Å². The van der Waals surface area contributed by atoms with Crippen molar-refractivity contribution >= 4 is 12.0 Å². The second-order valence-electron chi connectivity index (χ2n) is 6.42. The van der Waals surface area contributed by atoms with Gasteiger partial charge in [0.1, 0.15) is 6.04 Å². The second-order valence-corrected chi connectivity index (χ2v) is 6.42. The number of hydrogen-bond acceptors (Lipinski definition) is 3. The van der Waals surface area contributed by atoms with E-state index in [1.165, 1.54) is 4.90 Å². The molecule has 3 rings (SSSR count). The zero-order valence-electron chi connectivity index (χ0n) is 15.1. The van der Waals surface area contributed by atoms with Crippen LogP contribution >= 0.6 is 0 Å². The summed E-state index contributed by atoms with van der Waals surface area (Å²) in [4.78, 5) is 26.9. The third kappa shape index (κ3) is 3.54. The van der Waals surface area contributed by atoms with Crippen LogP contribution in [0.3, 0.4) is 0 Å². The average molecular weight is 349 g/mol. The Bertz CT molecular complexity index is 799. The Morgan fingerprint density at radius 3 is 2.19 bits per heavy atom. The molecule has 26 heavy (non-hydrogen) atoms. The SMILES string of the molecule is CCCC=C(C)C(=O)N1C(=O)O[C@H](c2ccccc2)[C@@H]1c1ccccc1. The maximum Gasteiger partial charge on any atom is 0.418 e. The molecule has 1 heterocycles. The molecule has 2 aromatic rings. The van der Waals surface area contributed by atoms with Crippen LogP contribution in [0, 0.1) is 0 Å². The molecule has 1 aliphatic rings. The smallest absolute Gasteiger partial charge is 0.418 e. The summed E-state index contributed by atoms with van der Waals surface area (Å²) in [6.45, 7) is 3.81. The van der Waals surface area contributed by atoms with Gasteiger partial charge in [-0.3, -0.25) is 4.79 Å². The van der Waals surface area contributed by atoms with Crippen LogP contribution in [-0.2, 0) is 9.53 Å². The average Bonchev–Trinajstić information content (AvgIpc) is 3.04. The van der Waals surface area contributed by atoms with Crippen LogP contribution in [0.4, 0.5) is 4.79 Å². The molecule has 2 aromatic carbocycles. The van der Waals surface area contributed by atoms with Crippen molar-refractivity contribution in [2.24, 2.45) is 0 Å². The quantitative estimate of drug-likeness (QED) is 0.698. The number of carbonyl (C=O) groups is 2. The molecule has 134 valence electrons. The maximum absolute atomic E-state index is 13.0. The summed E-state index contributed by atoms with van der Waals surface area (Å²) in [6, 6.07) is 18.7. The Labute approximate surface area is 154 Å². The molecular weight excluding hydrogens is 326 g/mol. The molecule has 0 saturated carbocycles. The van der Waals surface area contributed by atoms with E-state index in [-0.39, 0.29) is 5.91 Å². The number of nitrogens with zero attached hydrogens (tertiary/aromatic N) is 1. The monoisotopic (exact) mass is 349 g/mol. The summed E-state index contributed by atoms with van der Waals surface area (Å²) in [5.41, 5.74) is 2.32. The van der Waals surface area contributed by atoms with Crippen LogP contribution in [0.25, 0.3) is 0 Å². The number of carbonyl (C=O) groups excluding carboxylic acids is 2. The van der Waals surface area contributed by atoms with E-state index in [0.717, 1.165) is 24.0 Å². The molecule has 0 aromatic heterocycles. The molecule has 0 N–H and O–H groups in total. The van der Waals surface area contributed by atoms with Crippen molar-refractivity contribution in [2.45, 2.75) is 38.8 Å². The number of hydrogen-bond donors (Lipinski definition) is 0. The Hall–Kier alpha value is -2.88. The minimum Gasteiger partial charge on any atom is -0.438 e. The summed E-state index contributed by atoms with van der Waals surface area (Å²) in [5, 5.41) is 0. The van der Waals surface area contributed by atoms with Gasteiger partial charge in [0.25, 0.3) is 5.91 Å². The lowest BCUT2D eigenvalue weighted by Crippen LogP contribution is -2.35. The maximum atomic E-state index is 13.0. The van der Waals surface area contributed by atoms with Crippen LogP contribution < -0.4 is 0 Å². The Balaban J connectivity index is 2.02. The van der Waals surface area contributed by atoms with Crippen LogP contribution in [0.2, 0.25) is 0 Å². The van der Waals surface area contributed by atoms with Gasteiger partial charge in [-0.1, -0.05) is 80.1 Å². The van der Waals surface area contributed by atoms with Crippen molar-refractivity contribution < 1.29 is 14.3 Å². The number of cyclic esters (lactones) is 1. The minimum absolute atomic E-state index is 0.296. The van der Waals surface area contributed by atoms with E-state index in [4.69, 9.17) is 4.74 Å². The van der Waals surface area contributed by atoms with E-state index < -0.39 is 18.2 Å². The van der Waals surface area contributed by atoms with Crippen LogP contribution in [0.15, 0.2) is 72.3 Å². The highest BCUT2D eigenvalue weighted by Crippen LogP contribution is 2.43. The fourth-order valence-corrected chi connectivity index (χ4v) is 3.19. The summed E-state index contributed by atoms with van der Waals surface area (Å²) < 4.78 is 5.64. The van der Waals surface area contributed by atoms with Gasteiger partial charge >= 0.3 is 6.09 Å². The Morgan fingerprint density at radius 2 is 1.62 bits per heavy atom. The fourth-order valence-electron chi connectivity index (χ4n) is 3.19. The molecule has 0 radical (unpaired) electrons. The molecule has 1 aliphatic heterocycles. The van der Waals surface area contributed by atoms with E-state index in [0.29, 0.717) is 5.57 Å². The summed E-state index contributed by atoms with van der Waals surface area (Å²) >= 11 is 0. The van der Waals surface area contributed by atoms with Crippen LogP contribution in [0.1, 0.15) is 50.0 Å². The number of allylic oxidation sites excluding steroid dienone is 1. The number of imide groups is 1. The molecule has 4 heteroatoms. The first-order chi connectivity index (χ1) is 12.6. The summed E-state index contributed by atoms with van der Waals surface area (Å²) in [7, 11) is 0. The number of amides is 2. The lowest BCUT2D eigenvalue weighted by atomic mass is 9.95. The zero-order chi connectivity index (χ0) is 18.5. The van der Waals surface area contributed by atoms with Gasteiger partial charge in [-0.15, -0.1) is 0 Å². The molecule has 0 aliphatic carbocycles. The first-order valence-electron chi connectivity index (χ1n) is 8.94. The van der Waals surface area contributed by atoms with Gasteiger partial charge in [0, 0.05) is 5.57 Å². The van der Waals surface area contributed by atoms with Gasteiger partial charge in [0.2, 0.25) is 0 Å². The predicted molar refractivity (Wildman–Crippen MR) is 100 cm³/mol. The second kappa shape index (κ2) is 8.00. The van der Waals surface area contributed by atoms with E-state index in [9.17, 15) is 9.59 Å². The number of rotatable bonds is 5. The largest absolute Gasteiger partial charge is 0.438 e. The highest BCUT2D eigenvalue weighted by atomic mass is 16.6. The fraction of sp³-hybridized carbons (Fsp3) is 0.273. The summed E-state index contributed by atoms with van der Waals surface area (Å²) in [5.74, 6) is -0.296. The van der Waals surface area contributed by atoms with Gasteiger partial charge in [-0.05, 0) is 24.5 Å². The standard InChI is InChI=1S/C22H23NO3/c1-3-4-11-16(2)21(24)23-19(17-12-7-5-8-13-17)20(26-22(23)25)18-14-9-6-10-15-18/h5-15,19-20H,3-4H2,1-2H3/t19-,20+/m0/s1. The molecule has 0 unspecified atom stereocenters. The third-order valence-corrected chi connectivity index (χ3v) is 4.55. The molecule has 1 saturated heterocycles. The zero-order valence-corrected chi connectivity index (χ0v) is 15.1. The molecular formula is C22H23NO3. The molecule has 2 amide bonds. The van der Waals surface area contributed by atoms with Crippen molar-refractivity contribution in [3.05, 3.63) is 83.4 Å². The van der Waals surface area contributed by atoms with Crippen molar-refractivity contribution in [3.63, 3.8) is 0 Å². The minimum atomic E-state index is -0.595. The van der Waals surface area contributed by atoms with Crippen molar-refractivity contribution in [1.82, 2.24) is 4.90 Å². The molecule has 4 nitrogen and oxygen atoms in total. The number of benzene rings is 2. The van der Waals surface area contributed by atoms with Crippen LogP contribution in [0.5, 0.6) is 0 Å². The van der Waals surface area contributed by atoms with Crippen molar-refractivity contribution in [1.29, 1.82) is 0 Å².